The first-order valence-electron chi connectivity index (χ1n) is 8.98. The van der Waals surface area contributed by atoms with Gasteiger partial charge in [0.05, 0.1) is 0 Å². The molecular weight excluding hydrogens is 328 g/mol. The highest BCUT2D eigenvalue weighted by Crippen LogP contribution is 2.39. The largest absolute Gasteiger partial charge is 0.480 e. The van der Waals surface area contributed by atoms with Crippen molar-refractivity contribution in [3.8, 4) is 0 Å². The van der Waals surface area contributed by atoms with Crippen LogP contribution in [0.2, 0.25) is 0 Å². The molecule has 1 aliphatic heterocycles. The molecule has 1 aromatic heterocycles. The lowest BCUT2D eigenvalue weighted by atomic mass is 9.77. The fraction of sp³-hybridized carbons (Fsp3) is 0.333. The minimum Gasteiger partial charge on any atom is -0.480 e. The van der Waals surface area contributed by atoms with Gasteiger partial charge in [0.1, 0.15) is 5.41 Å². The van der Waals surface area contributed by atoms with E-state index in [2.05, 4.69) is 10.3 Å². The normalized spacial score (nSPS) is 19.6. The molecule has 4 rings (SSSR count). The van der Waals surface area contributed by atoms with Crippen LogP contribution >= 0.6 is 0 Å². The van der Waals surface area contributed by atoms with Crippen LogP contribution in [0.1, 0.15) is 47.7 Å². The minimum atomic E-state index is -1.26. The molecule has 2 heterocycles. The van der Waals surface area contributed by atoms with Gasteiger partial charge in [-0.05, 0) is 68.9 Å². The van der Waals surface area contributed by atoms with E-state index < -0.39 is 11.4 Å². The number of benzene rings is 1. The second-order valence-corrected chi connectivity index (χ2v) is 7.44. The quantitative estimate of drug-likeness (QED) is 0.740. The lowest BCUT2D eigenvalue weighted by Gasteiger charge is -2.24. The summed E-state index contributed by atoms with van der Waals surface area (Å²) in [6, 6.07) is 5.72. The van der Waals surface area contributed by atoms with Gasteiger partial charge in [0.2, 0.25) is 0 Å². The van der Waals surface area contributed by atoms with Gasteiger partial charge in [-0.1, -0.05) is 11.6 Å². The fourth-order valence-corrected chi connectivity index (χ4v) is 4.06. The summed E-state index contributed by atoms with van der Waals surface area (Å²) in [6.45, 7) is 3.64. The summed E-state index contributed by atoms with van der Waals surface area (Å²) in [4.78, 5) is 28.1. The van der Waals surface area contributed by atoms with Crippen molar-refractivity contribution in [2.45, 2.75) is 44.9 Å². The number of fused-ring (bicyclic) bond motifs is 2. The molecule has 5 heteroatoms. The van der Waals surface area contributed by atoms with Crippen LogP contribution in [0.4, 0.5) is 5.69 Å². The maximum Gasteiger partial charge on any atom is 0.317 e. The molecule has 2 aliphatic rings. The van der Waals surface area contributed by atoms with Gasteiger partial charge in [-0.15, -0.1) is 0 Å². The number of amides is 1. The molecule has 1 aromatic carbocycles. The fourth-order valence-electron chi connectivity index (χ4n) is 4.06. The second kappa shape index (κ2) is 5.87. The number of carbonyl (C=O) groups excluding carboxylic acids is 1. The third-order valence-corrected chi connectivity index (χ3v) is 5.58. The van der Waals surface area contributed by atoms with Crippen molar-refractivity contribution in [2.75, 3.05) is 5.32 Å². The van der Waals surface area contributed by atoms with Gasteiger partial charge in [-0.25, -0.2) is 0 Å². The standard InChI is InChI=1S/C21H22N2O3/c1-12-7-8-18-14(9-12)15(19(24)23-18)10-21(2,20(25)26)16-11-22-17-6-4-3-5-13(16)17/h7-11,22H,3-6H2,1-2H3,(H,23,24)(H,25,26). The van der Waals surface area contributed by atoms with Crippen molar-refractivity contribution in [1.29, 1.82) is 0 Å². The highest BCUT2D eigenvalue weighted by atomic mass is 16.4. The third kappa shape index (κ3) is 2.46. The van der Waals surface area contributed by atoms with Crippen molar-refractivity contribution in [2.24, 2.45) is 0 Å². The van der Waals surface area contributed by atoms with Crippen LogP contribution in [0.3, 0.4) is 0 Å². The molecule has 1 atom stereocenters. The van der Waals surface area contributed by atoms with E-state index in [1.54, 1.807) is 13.0 Å². The molecule has 1 unspecified atom stereocenters. The number of hydrogen-bond donors (Lipinski definition) is 3. The summed E-state index contributed by atoms with van der Waals surface area (Å²) < 4.78 is 0. The zero-order chi connectivity index (χ0) is 18.5. The molecule has 3 N–H and O–H groups in total. The Morgan fingerprint density at radius 1 is 1.27 bits per heavy atom. The summed E-state index contributed by atoms with van der Waals surface area (Å²) in [5, 5.41) is 12.9. The van der Waals surface area contributed by atoms with E-state index in [4.69, 9.17) is 0 Å². The first kappa shape index (κ1) is 16.6. The van der Waals surface area contributed by atoms with Crippen LogP contribution in [-0.2, 0) is 27.8 Å². The molecule has 1 amide bonds. The summed E-state index contributed by atoms with van der Waals surface area (Å²) in [6.07, 6.45) is 7.44. The van der Waals surface area contributed by atoms with E-state index in [1.807, 2.05) is 31.3 Å². The number of carboxylic acid groups (broad SMARTS) is 1. The Morgan fingerprint density at radius 2 is 2.04 bits per heavy atom. The summed E-state index contributed by atoms with van der Waals surface area (Å²) >= 11 is 0. The van der Waals surface area contributed by atoms with Crippen molar-refractivity contribution in [3.05, 3.63) is 58.4 Å². The lowest BCUT2D eigenvalue weighted by molar-refractivity contribution is -0.141. The van der Waals surface area contributed by atoms with Crippen molar-refractivity contribution < 1.29 is 14.7 Å². The van der Waals surface area contributed by atoms with E-state index >= 15 is 0 Å². The first-order valence-corrected chi connectivity index (χ1v) is 8.98. The molecule has 1 aliphatic carbocycles. The predicted molar refractivity (Wildman–Crippen MR) is 100 cm³/mol. The van der Waals surface area contributed by atoms with Crippen LogP contribution in [0.5, 0.6) is 0 Å². The van der Waals surface area contributed by atoms with Crippen LogP contribution in [0.15, 0.2) is 30.5 Å². The smallest absolute Gasteiger partial charge is 0.317 e. The van der Waals surface area contributed by atoms with E-state index in [-0.39, 0.29) is 5.91 Å². The first-order chi connectivity index (χ1) is 12.4. The molecule has 0 radical (unpaired) electrons. The topological polar surface area (TPSA) is 82.2 Å². The third-order valence-electron chi connectivity index (χ3n) is 5.58. The van der Waals surface area contributed by atoms with Crippen LogP contribution < -0.4 is 5.32 Å². The van der Waals surface area contributed by atoms with Gasteiger partial charge >= 0.3 is 5.97 Å². The van der Waals surface area contributed by atoms with Gasteiger partial charge in [-0.3, -0.25) is 9.59 Å². The molecule has 0 bridgehead atoms. The summed E-state index contributed by atoms with van der Waals surface area (Å²) in [5.41, 5.74) is 4.69. The van der Waals surface area contributed by atoms with Crippen LogP contribution in [0, 0.1) is 6.92 Å². The van der Waals surface area contributed by atoms with E-state index in [0.717, 1.165) is 59.3 Å². The molecule has 26 heavy (non-hydrogen) atoms. The van der Waals surface area contributed by atoms with Gasteiger partial charge in [0.15, 0.2) is 0 Å². The van der Waals surface area contributed by atoms with E-state index in [9.17, 15) is 14.7 Å². The van der Waals surface area contributed by atoms with Crippen LogP contribution in [0.25, 0.3) is 5.57 Å². The molecule has 2 aromatic rings. The predicted octanol–water partition coefficient (Wildman–Crippen LogP) is 3.58. The maximum absolute atomic E-state index is 12.5. The van der Waals surface area contributed by atoms with Gasteiger partial charge in [0.25, 0.3) is 5.91 Å². The number of nitrogens with one attached hydrogen (secondary N) is 2. The molecular formula is C21H22N2O3. The molecule has 134 valence electrons. The Morgan fingerprint density at radius 3 is 2.81 bits per heavy atom. The van der Waals surface area contributed by atoms with Crippen LogP contribution in [-0.4, -0.2) is 22.0 Å². The number of carbonyl (C=O) groups is 2. The average Bonchev–Trinajstić information content (AvgIpc) is 3.17. The van der Waals surface area contributed by atoms with Gasteiger partial charge in [0, 0.05) is 28.7 Å². The Kier molecular flexibility index (Phi) is 3.75. The van der Waals surface area contributed by atoms with Gasteiger partial charge in [-0.2, -0.15) is 0 Å². The molecule has 0 saturated heterocycles. The maximum atomic E-state index is 12.5. The summed E-state index contributed by atoms with van der Waals surface area (Å²) in [7, 11) is 0. The Labute approximate surface area is 152 Å². The molecule has 0 spiro atoms. The second-order valence-electron chi connectivity index (χ2n) is 7.44. The number of aromatic nitrogens is 1. The number of hydrogen-bond acceptors (Lipinski definition) is 2. The van der Waals surface area contributed by atoms with Crippen molar-refractivity contribution in [3.63, 3.8) is 0 Å². The van der Waals surface area contributed by atoms with E-state index in [0.29, 0.717) is 5.57 Å². The number of aryl methyl sites for hydroxylation is 2. The van der Waals surface area contributed by atoms with Crippen molar-refractivity contribution in [1.82, 2.24) is 4.98 Å². The van der Waals surface area contributed by atoms with Crippen molar-refractivity contribution >= 4 is 23.1 Å². The monoisotopic (exact) mass is 350 g/mol. The molecule has 0 saturated carbocycles. The Hall–Kier alpha value is -2.82. The highest BCUT2D eigenvalue weighted by molar-refractivity contribution is 6.32. The Bertz CT molecular complexity index is 954. The molecule has 5 nitrogen and oxygen atoms in total. The Balaban J connectivity index is 1.88. The number of aliphatic carboxylic acids is 1. The zero-order valence-corrected chi connectivity index (χ0v) is 15.0. The number of aromatic amines is 1. The highest BCUT2D eigenvalue weighted by Gasteiger charge is 2.39. The minimum absolute atomic E-state index is 0.248. The average molecular weight is 350 g/mol. The SMILES string of the molecule is Cc1ccc2c(c1)C(=CC(C)(C(=O)O)c1c[nH]c3c1CCCC3)C(=O)N2. The number of rotatable bonds is 3. The molecule has 0 fully saturated rings. The summed E-state index contributed by atoms with van der Waals surface area (Å²) in [5.74, 6) is -1.20. The zero-order valence-electron chi connectivity index (χ0n) is 15.0. The van der Waals surface area contributed by atoms with E-state index in [1.165, 1.54) is 0 Å². The number of carboxylic acids is 1. The lowest BCUT2D eigenvalue weighted by Crippen LogP contribution is -2.32. The number of anilines is 1. The van der Waals surface area contributed by atoms with Gasteiger partial charge < -0.3 is 15.4 Å². The number of H-pyrrole nitrogens is 1.